The van der Waals surface area contributed by atoms with Crippen LogP contribution in [0.25, 0.3) is 0 Å². The van der Waals surface area contributed by atoms with Crippen molar-refractivity contribution < 1.29 is 9.53 Å². The number of esters is 1. The Morgan fingerprint density at radius 2 is 2.64 bits per heavy atom. The first-order chi connectivity index (χ1) is 6.83. The van der Waals surface area contributed by atoms with Crippen LogP contribution in [0, 0.1) is 5.51 Å². The highest BCUT2D eigenvalue weighted by atomic mass is 32.1. The van der Waals surface area contributed by atoms with Crippen molar-refractivity contribution in [2.45, 2.75) is 32.1 Å². The molecular weight excluding hydrogens is 198 g/mol. The maximum absolute atomic E-state index is 11.6. The number of hydrogen-bond donors (Lipinski definition) is 0. The fourth-order valence-electron chi connectivity index (χ4n) is 1.77. The molecule has 3 nitrogen and oxygen atoms in total. The van der Waals surface area contributed by atoms with Gasteiger partial charge in [0.2, 0.25) is 0 Å². The average Bonchev–Trinajstić information content (AvgIpc) is 2.65. The molecule has 0 amide bonds. The number of carbonyl (C=O) groups excluding carboxylic acids is 1. The van der Waals surface area contributed by atoms with Crippen molar-refractivity contribution in [2.75, 3.05) is 6.61 Å². The Bertz CT molecular complexity index is 335. The summed E-state index contributed by atoms with van der Waals surface area (Å²) in [6.07, 6.45) is 2.95. The van der Waals surface area contributed by atoms with Crippen molar-refractivity contribution in [1.82, 2.24) is 4.98 Å². The summed E-state index contributed by atoms with van der Waals surface area (Å²) in [5, 5.41) is 0. The van der Waals surface area contributed by atoms with Gasteiger partial charge in [-0.3, -0.25) is 4.79 Å². The van der Waals surface area contributed by atoms with Crippen LogP contribution < -0.4 is 0 Å². The van der Waals surface area contributed by atoms with E-state index in [0.717, 1.165) is 25.0 Å². The molecule has 0 aliphatic heterocycles. The van der Waals surface area contributed by atoms with Gasteiger partial charge in [0.1, 0.15) is 5.92 Å². The molecule has 0 spiro atoms. The third-order valence-electron chi connectivity index (χ3n) is 2.42. The van der Waals surface area contributed by atoms with E-state index in [4.69, 9.17) is 4.74 Å². The van der Waals surface area contributed by atoms with Gasteiger partial charge in [-0.05, 0) is 26.2 Å². The quantitative estimate of drug-likeness (QED) is 0.700. The summed E-state index contributed by atoms with van der Waals surface area (Å²) in [5.74, 6) is -0.269. The van der Waals surface area contributed by atoms with E-state index in [1.54, 1.807) is 0 Å². The zero-order chi connectivity index (χ0) is 9.97. The highest BCUT2D eigenvalue weighted by Crippen LogP contribution is 2.33. The minimum atomic E-state index is -0.138. The Morgan fingerprint density at radius 1 is 1.79 bits per heavy atom. The summed E-state index contributed by atoms with van der Waals surface area (Å²) in [7, 11) is 0. The number of hydrogen-bond acceptors (Lipinski definition) is 4. The first-order valence-corrected chi connectivity index (χ1v) is 5.67. The second kappa shape index (κ2) is 4.09. The number of ether oxygens (including phenoxy) is 1. The molecule has 0 bridgehead atoms. The van der Waals surface area contributed by atoms with Crippen molar-refractivity contribution in [3.05, 3.63) is 16.1 Å². The lowest BCUT2D eigenvalue weighted by atomic mass is 9.91. The van der Waals surface area contributed by atoms with Crippen molar-refractivity contribution in [3.8, 4) is 0 Å². The van der Waals surface area contributed by atoms with Crippen LogP contribution in [0.15, 0.2) is 0 Å². The Kier molecular flexibility index (Phi) is 2.82. The molecule has 14 heavy (non-hydrogen) atoms. The maximum Gasteiger partial charge on any atom is 0.315 e. The third-order valence-corrected chi connectivity index (χ3v) is 3.26. The maximum atomic E-state index is 11.6. The topological polar surface area (TPSA) is 39.2 Å². The zero-order valence-corrected chi connectivity index (χ0v) is 8.89. The minimum absolute atomic E-state index is 0.132. The average molecular weight is 210 g/mol. The van der Waals surface area contributed by atoms with E-state index in [1.807, 2.05) is 6.92 Å². The number of fused-ring (bicyclic) bond motifs is 1. The van der Waals surface area contributed by atoms with Gasteiger partial charge in [0, 0.05) is 4.88 Å². The molecule has 1 atom stereocenters. The molecular formula is C10H12NO2S. The monoisotopic (exact) mass is 210 g/mol. The van der Waals surface area contributed by atoms with Crippen molar-refractivity contribution in [2.24, 2.45) is 0 Å². The number of rotatable bonds is 2. The number of carbonyl (C=O) groups is 1. The standard InChI is InChI=1S/C10H12NO2S/c1-2-13-10(12)7-4-3-5-8-9(7)11-6-14-8/h7H,2-5H2,1H3. The zero-order valence-electron chi connectivity index (χ0n) is 8.08. The molecule has 0 aromatic carbocycles. The summed E-state index contributed by atoms with van der Waals surface area (Å²) in [5.41, 5.74) is 3.75. The smallest absolute Gasteiger partial charge is 0.315 e. The number of thiazole rings is 1. The fourth-order valence-corrected chi connectivity index (χ4v) is 2.56. The number of nitrogens with zero attached hydrogens (tertiary/aromatic N) is 1. The first kappa shape index (κ1) is 9.65. The molecule has 2 rings (SSSR count). The van der Waals surface area contributed by atoms with Gasteiger partial charge < -0.3 is 4.74 Å². The molecule has 1 aromatic rings. The van der Waals surface area contributed by atoms with Gasteiger partial charge in [-0.2, -0.15) is 0 Å². The van der Waals surface area contributed by atoms with Gasteiger partial charge in [-0.1, -0.05) is 0 Å². The Balaban J connectivity index is 2.19. The highest BCUT2D eigenvalue weighted by Gasteiger charge is 2.29. The molecule has 1 aliphatic rings. The lowest BCUT2D eigenvalue weighted by Crippen LogP contribution is -2.20. The first-order valence-electron chi connectivity index (χ1n) is 4.85. The minimum Gasteiger partial charge on any atom is -0.465 e. The summed E-state index contributed by atoms with van der Waals surface area (Å²) in [4.78, 5) is 16.9. The van der Waals surface area contributed by atoms with Crippen LogP contribution in [0.1, 0.15) is 36.3 Å². The molecule has 1 unspecified atom stereocenters. The Morgan fingerprint density at radius 3 is 3.43 bits per heavy atom. The predicted octanol–water partition coefficient (Wildman–Crippen LogP) is 1.93. The molecule has 0 saturated carbocycles. The van der Waals surface area contributed by atoms with Crippen LogP contribution in [0.4, 0.5) is 0 Å². The van der Waals surface area contributed by atoms with Crippen LogP contribution in [-0.2, 0) is 16.0 Å². The van der Waals surface area contributed by atoms with Crippen LogP contribution in [0.3, 0.4) is 0 Å². The van der Waals surface area contributed by atoms with E-state index in [-0.39, 0.29) is 11.9 Å². The lowest BCUT2D eigenvalue weighted by Gasteiger charge is -2.19. The molecule has 1 aliphatic carbocycles. The molecule has 1 heterocycles. The van der Waals surface area contributed by atoms with Crippen molar-refractivity contribution in [3.63, 3.8) is 0 Å². The van der Waals surface area contributed by atoms with Crippen molar-refractivity contribution in [1.29, 1.82) is 0 Å². The Labute approximate surface area is 87.1 Å². The SMILES string of the molecule is CCOC(=O)C1CCCc2s[c]nc21. The van der Waals surface area contributed by atoms with E-state index < -0.39 is 0 Å². The van der Waals surface area contributed by atoms with Gasteiger partial charge in [0.15, 0.2) is 5.51 Å². The second-order valence-corrected chi connectivity index (χ2v) is 4.19. The van der Waals surface area contributed by atoms with Gasteiger partial charge in [0.05, 0.1) is 12.3 Å². The fraction of sp³-hybridized carbons (Fsp3) is 0.600. The lowest BCUT2D eigenvalue weighted by molar-refractivity contribution is -0.145. The van der Waals surface area contributed by atoms with E-state index in [9.17, 15) is 4.79 Å². The van der Waals surface area contributed by atoms with Crippen LogP contribution in [0.2, 0.25) is 0 Å². The van der Waals surface area contributed by atoms with E-state index in [0.29, 0.717) is 6.61 Å². The van der Waals surface area contributed by atoms with Gasteiger partial charge >= 0.3 is 5.97 Å². The number of aromatic nitrogens is 1. The van der Waals surface area contributed by atoms with Gasteiger partial charge in [-0.15, -0.1) is 11.3 Å². The van der Waals surface area contributed by atoms with Crippen LogP contribution >= 0.6 is 11.3 Å². The van der Waals surface area contributed by atoms with Gasteiger partial charge in [0.25, 0.3) is 0 Å². The molecule has 0 saturated heterocycles. The summed E-state index contributed by atoms with van der Waals surface area (Å²) >= 11 is 1.52. The van der Waals surface area contributed by atoms with Crippen molar-refractivity contribution >= 4 is 17.3 Å². The molecule has 4 heteroatoms. The Hall–Kier alpha value is -0.900. The molecule has 75 valence electrons. The molecule has 0 fully saturated rings. The van der Waals surface area contributed by atoms with Crippen LogP contribution in [0.5, 0.6) is 0 Å². The third kappa shape index (κ3) is 1.66. The summed E-state index contributed by atoms with van der Waals surface area (Å²) < 4.78 is 5.02. The number of aryl methyl sites for hydroxylation is 1. The van der Waals surface area contributed by atoms with E-state index >= 15 is 0 Å². The van der Waals surface area contributed by atoms with Crippen LogP contribution in [-0.4, -0.2) is 17.6 Å². The molecule has 1 radical (unpaired) electrons. The normalized spacial score (nSPS) is 20.2. The predicted molar refractivity (Wildman–Crippen MR) is 53.3 cm³/mol. The molecule has 1 aromatic heterocycles. The summed E-state index contributed by atoms with van der Waals surface area (Å²) in [6, 6.07) is 0. The van der Waals surface area contributed by atoms with E-state index in [2.05, 4.69) is 10.5 Å². The van der Waals surface area contributed by atoms with Gasteiger partial charge in [-0.25, -0.2) is 4.98 Å². The largest absolute Gasteiger partial charge is 0.465 e. The second-order valence-electron chi connectivity index (χ2n) is 3.31. The van der Waals surface area contributed by atoms with E-state index in [1.165, 1.54) is 16.2 Å². The summed E-state index contributed by atoms with van der Waals surface area (Å²) in [6.45, 7) is 2.27. The highest BCUT2D eigenvalue weighted by molar-refractivity contribution is 7.09. The molecule has 0 N–H and O–H groups in total.